The number of halogens is 1. The zero-order valence-corrected chi connectivity index (χ0v) is 32.4. The number of aryl methyl sites for hydroxylation is 1. The largest absolute Gasteiger partial charge is 0.399 e. The van der Waals surface area contributed by atoms with E-state index in [4.69, 9.17) is 10.5 Å². The lowest BCUT2D eigenvalue weighted by Crippen LogP contribution is -2.51. The number of nitrogen functional groups attached to an aromatic ring is 1. The van der Waals surface area contributed by atoms with Gasteiger partial charge in [0.15, 0.2) is 5.78 Å². The molecule has 10 heteroatoms. The summed E-state index contributed by atoms with van der Waals surface area (Å²) in [7, 11) is -3.95. The van der Waals surface area contributed by atoms with E-state index in [1.165, 1.54) is 28.6 Å². The number of hydrogen-bond donors (Lipinski definition) is 2. The van der Waals surface area contributed by atoms with Crippen molar-refractivity contribution in [1.82, 2.24) is 9.62 Å². The monoisotopic (exact) mass is 723 g/mol. The Morgan fingerprint density at radius 1 is 0.882 bits per heavy atom. The molecule has 0 saturated heterocycles. The smallest absolute Gasteiger partial charge is 0.243 e. The Morgan fingerprint density at radius 2 is 1.51 bits per heavy atom. The van der Waals surface area contributed by atoms with E-state index in [1.54, 1.807) is 18.2 Å². The van der Waals surface area contributed by atoms with Gasteiger partial charge in [0.1, 0.15) is 5.82 Å². The Morgan fingerprint density at radius 3 is 2.08 bits per heavy atom. The van der Waals surface area contributed by atoms with Gasteiger partial charge in [-0.05, 0) is 105 Å². The van der Waals surface area contributed by atoms with Crippen LogP contribution in [0.15, 0.2) is 83.8 Å². The topological polar surface area (TPSA) is 119 Å². The molecular weight excluding hydrogens is 666 g/mol. The number of anilines is 1. The number of hydrogen-bond acceptors (Lipinski definition) is 6. The second-order valence-electron chi connectivity index (χ2n) is 16.0. The van der Waals surface area contributed by atoms with Gasteiger partial charge in [-0.15, -0.1) is 0 Å². The number of nitrogens with one attached hydrogen (secondary N) is 1. The maximum absolute atomic E-state index is 14.4. The molecular formula is C41H58FN3O5S. The molecule has 0 spiro atoms. The molecule has 3 atom stereocenters. The number of ether oxygens (including phenoxy) is 1. The molecule has 3 N–H and O–H groups in total. The van der Waals surface area contributed by atoms with Gasteiger partial charge in [0.05, 0.1) is 22.6 Å². The van der Waals surface area contributed by atoms with Crippen LogP contribution in [-0.2, 0) is 37.2 Å². The van der Waals surface area contributed by atoms with E-state index in [0.29, 0.717) is 24.9 Å². The highest BCUT2D eigenvalue weighted by Crippen LogP contribution is 2.30. The van der Waals surface area contributed by atoms with Gasteiger partial charge < -0.3 is 15.8 Å². The lowest BCUT2D eigenvalue weighted by molar-refractivity contribution is -0.133. The van der Waals surface area contributed by atoms with Crippen molar-refractivity contribution in [1.29, 1.82) is 0 Å². The number of ketones is 1. The summed E-state index contributed by atoms with van der Waals surface area (Å²) in [4.78, 5) is 27.8. The molecule has 0 saturated carbocycles. The molecule has 0 aliphatic rings. The summed E-state index contributed by atoms with van der Waals surface area (Å²) in [6.45, 7) is 15.7. The molecule has 0 aliphatic carbocycles. The minimum atomic E-state index is -3.95. The van der Waals surface area contributed by atoms with Gasteiger partial charge in [0.25, 0.3) is 0 Å². The van der Waals surface area contributed by atoms with Gasteiger partial charge in [0.2, 0.25) is 15.9 Å². The SMILES string of the molecule is CC(C)CN(C[C@@H](OC(C)(C)C)[C@@H](CC(=O)[C@@H](NC(=O)CCCc1cccc(F)c1)C(C)(C)C)Cc1ccccc1)S(=O)(=O)c1ccc(N)cc1. The molecule has 0 bridgehead atoms. The van der Waals surface area contributed by atoms with Gasteiger partial charge in [-0.25, -0.2) is 12.8 Å². The van der Waals surface area contributed by atoms with E-state index in [9.17, 15) is 22.4 Å². The van der Waals surface area contributed by atoms with Crippen molar-refractivity contribution in [2.24, 2.45) is 17.3 Å². The first-order valence-electron chi connectivity index (χ1n) is 17.9. The number of amides is 1. The van der Waals surface area contributed by atoms with Crippen LogP contribution in [0.1, 0.15) is 85.8 Å². The number of carbonyl (C=O) groups is 2. The minimum absolute atomic E-state index is 0.0134. The molecule has 0 aliphatic heterocycles. The fraction of sp³-hybridized carbons (Fsp3) is 0.512. The summed E-state index contributed by atoms with van der Waals surface area (Å²) in [5, 5.41) is 3.01. The highest BCUT2D eigenvalue weighted by atomic mass is 32.2. The van der Waals surface area contributed by atoms with Gasteiger partial charge in [-0.2, -0.15) is 4.31 Å². The highest BCUT2D eigenvalue weighted by molar-refractivity contribution is 7.89. The van der Waals surface area contributed by atoms with Gasteiger partial charge in [-0.3, -0.25) is 9.59 Å². The van der Waals surface area contributed by atoms with Crippen molar-refractivity contribution in [2.75, 3.05) is 18.8 Å². The number of Topliss-reactive ketones (excluding diaryl/α,β-unsaturated/α-hetero) is 1. The van der Waals surface area contributed by atoms with Crippen LogP contribution in [0.4, 0.5) is 10.1 Å². The average molecular weight is 724 g/mol. The van der Waals surface area contributed by atoms with E-state index < -0.39 is 39.1 Å². The van der Waals surface area contributed by atoms with E-state index in [2.05, 4.69) is 5.32 Å². The van der Waals surface area contributed by atoms with Gasteiger partial charge in [0, 0.05) is 31.6 Å². The Labute approximate surface area is 305 Å². The molecule has 8 nitrogen and oxygen atoms in total. The third-order valence-electron chi connectivity index (χ3n) is 8.56. The zero-order chi connectivity index (χ0) is 38.0. The molecule has 3 rings (SSSR count). The predicted octanol–water partition coefficient (Wildman–Crippen LogP) is 7.61. The Bertz CT molecular complexity index is 1670. The first kappa shape index (κ1) is 41.8. The standard InChI is InChI=1S/C41H58FN3O5S/c1-29(2)27-45(51(48,49)35-22-20-34(43)21-23-35)28-37(50-41(6,7)8)32(24-30-14-10-9-11-15-30)26-36(46)39(40(3,4)5)44-38(47)19-13-17-31-16-12-18-33(42)25-31/h9-12,14-16,18,20-23,25,29,32,37,39H,13,17,19,24,26-28,43H2,1-8H3,(H,44,47)/t32-,37-,39-/m1/s1. The van der Waals surface area contributed by atoms with Crippen LogP contribution >= 0.6 is 0 Å². The first-order valence-corrected chi connectivity index (χ1v) is 19.3. The van der Waals surface area contributed by atoms with Crippen LogP contribution in [0.5, 0.6) is 0 Å². The molecule has 0 fully saturated rings. The van der Waals surface area contributed by atoms with Crippen LogP contribution < -0.4 is 11.1 Å². The lowest BCUT2D eigenvalue weighted by atomic mass is 9.79. The van der Waals surface area contributed by atoms with Crippen molar-refractivity contribution < 1.29 is 27.1 Å². The maximum atomic E-state index is 14.4. The van der Waals surface area contributed by atoms with Crippen LogP contribution in [0, 0.1) is 23.1 Å². The molecule has 0 unspecified atom stereocenters. The maximum Gasteiger partial charge on any atom is 0.243 e. The van der Waals surface area contributed by atoms with Crippen LogP contribution in [0.3, 0.4) is 0 Å². The van der Waals surface area contributed by atoms with Crippen molar-refractivity contribution >= 4 is 27.4 Å². The Kier molecular flexibility index (Phi) is 15.0. The van der Waals surface area contributed by atoms with Crippen LogP contribution in [0.25, 0.3) is 0 Å². The highest BCUT2D eigenvalue weighted by Gasteiger charge is 2.39. The van der Waals surface area contributed by atoms with E-state index in [0.717, 1.165) is 11.1 Å². The van der Waals surface area contributed by atoms with Crippen LogP contribution in [-0.4, -0.2) is 55.2 Å². The van der Waals surface area contributed by atoms with Crippen molar-refractivity contribution in [3.05, 3.63) is 95.8 Å². The number of nitrogens with two attached hydrogens (primary N) is 1. The third-order valence-corrected chi connectivity index (χ3v) is 10.4. The fourth-order valence-corrected chi connectivity index (χ4v) is 7.81. The van der Waals surface area contributed by atoms with Crippen molar-refractivity contribution in [3.8, 4) is 0 Å². The normalized spacial score (nSPS) is 14.3. The molecule has 0 radical (unpaired) electrons. The van der Waals surface area contributed by atoms with Gasteiger partial charge in [-0.1, -0.05) is 77.1 Å². The second kappa shape index (κ2) is 18.2. The van der Waals surface area contributed by atoms with Crippen molar-refractivity contribution in [3.63, 3.8) is 0 Å². The average Bonchev–Trinajstić information content (AvgIpc) is 3.02. The quantitative estimate of drug-likeness (QED) is 0.131. The molecule has 1 amide bonds. The number of benzene rings is 3. The summed E-state index contributed by atoms with van der Waals surface area (Å²) < 4.78 is 50.1. The first-order chi connectivity index (χ1) is 23.7. The second-order valence-corrected chi connectivity index (χ2v) is 18.0. The molecule has 0 aromatic heterocycles. The third kappa shape index (κ3) is 13.8. The number of sulfonamides is 1. The summed E-state index contributed by atoms with van der Waals surface area (Å²) in [5.74, 6) is -1.13. The van der Waals surface area contributed by atoms with Crippen LogP contribution in [0.2, 0.25) is 0 Å². The summed E-state index contributed by atoms with van der Waals surface area (Å²) >= 11 is 0. The summed E-state index contributed by atoms with van der Waals surface area (Å²) in [6, 6.07) is 21.5. The Hall–Kier alpha value is -3.60. The predicted molar refractivity (Wildman–Crippen MR) is 203 cm³/mol. The molecule has 3 aromatic rings. The van der Waals surface area contributed by atoms with E-state index >= 15 is 0 Å². The van der Waals surface area contributed by atoms with E-state index in [-0.39, 0.29) is 54.3 Å². The van der Waals surface area contributed by atoms with Gasteiger partial charge >= 0.3 is 0 Å². The minimum Gasteiger partial charge on any atom is -0.399 e. The van der Waals surface area contributed by atoms with E-state index in [1.807, 2.05) is 91.8 Å². The summed E-state index contributed by atoms with van der Waals surface area (Å²) in [5.41, 5.74) is 6.88. The Balaban J connectivity index is 1.94. The molecule has 3 aromatic carbocycles. The number of nitrogens with zero attached hydrogens (tertiary/aromatic N) is 1. The summed E-state index contributed by atoms with van der Waals surface area (Å²) in [6.07, 6.45) is 1.08. The molecule has 51 heavy (non-hydrogen) atoms. The number of carbonyl (C=O) groups excluding carboxylic acids is 2. The number of rotatable bonds is 18. The molecule has 0 heterocycles. The van der Waals surface area contributed by atoms with Crippen molar-refractivity contribution in [2.45, 2.75) is 110 Å². The molecule has 280 valence electrons. The zero-order valence-electron chi connectivity index (χ0n) is 31.6. The lowest BCUT2D eigenvalue weighted by Gasteiger charge is -2.38. The fourth-order valence-electron chi connectivity index (χ4n) is 6.19.